The van der Waals surface area contributed by atoms with Gasteiger partial charge in [-0.1, -0.05) is 212 Å². The van der Waals surface area contributed by atoms with Crippen LogP contribution < -0.4 is 0 Å². The molecule has 0 aliphatic rings. The summed E-state index contributed by atoms with van der Waals surface area (Å²) < 4.78 is 2.30. The third kappa shape index (κ3) is 10.7. The summed E-state index contributed by atoms with van der Waals surface area (Å²) in [6, 6.07) is 58.8. The SMILES string of the molecule is CC(C)(C)c1cc(-c2cc(-c3ccc(-c4ccccc4C[Si](C)(C)C)cc3)ccn2)cc(-c2cccc3c2nc(-c2cc(C(C)(C)C)cc(C(C)(C)C)c2O)n3-c2ccc(C(C)(C)C)cc2-c2ccccc2)c1. The van der Waals surface area contributed by atoms with E-state index in [0.29, 0.717) is 11.4 Å². The molecule has 7 aromatic carbocycles. The maximum Gasteiger partial charge on any atom is 0.149 e. The van der Waals surface area contributed by atoms with Crippen molar-refractivity contribution in [3.63, 3.8) is 0 Å². The number of para-hydroxylation sites is 1. The van der Waals surface area contributed by atoms with Crippen LogP contribution in [0, 0.1) is 0 Å². The van der Waals surface area contributed by atoms with Crippen LogP contribution in [0.5, 0.6) is 5.75 Å². The van der Waals surface area contributed by atoms with Crippen molar-refractivity contribution >= 4 is 19.1 Å². The first-order chi connectivity index (χ1) is 34.2. The van der Waals surface area contributed by atoms with Gasteiger partial charge < -0.3 is 5.11 Å². The lowest BCUT2D eigenvalue weighted by Crippen LogP contribution is -2.24. The fourth-order valence-electron chi connectivity index (χ4n) is 10.1. The molecule has 0 aliphatic carbocycles. The minimum atomic E-state index is -1.31. The topological polar surface area (TPSA) is 50.9 Å². The van der Waals surface area contributed by atoms with E-state index >= 15 is 0 Å². The summed E-state index contributed by atoms with van der Waals surface area (Å²) in [6.07, 6.45) is 1.94. The molecular weight excluding hydrogens is 903 g/mol. The Labute approximate surface area is 437 Å². The van der Waals surface area contributed by atoms with Crippen LogP contribution in [-0.2, 0) is 27.7 Å². The zero-order valence-electron chi connectivity index (χ0n) is 46.1. The Bertz CT molecular complexity index is 3490. The Kier molecular flexibility index (Phi) is 13.2. The second-order valence-electron chi connectivity index (χ2n) is 25.7. The maximum atomic E-state index is 12.6. The van der Waals surface area contributed by atoms with Crippen LogP contribution in [0.2, 0.25) is 19.6 Å². The summed E-state index contributed by atoms with van der Waals surface area (Å²) in [7, 11) is -1.31. The highest BCUT2D eigenvalue weighted by Crippen LogP contribution is 2.46. The molecule has 0 saturated carbocycles. The molecule has 0 atom stereocenters. The van der Waals surface area contributed by atoms with E-state index in [9.17, 15) is 5.11 Å². The van der Waals surface area contributed by atoms with E-state index in [1.807, 2.05) is 6.20 Å². The molecule has 9 aromatic rings. The van der Waals surface area contributed by atoms with Crippen molar-refractivity contribution in [2.24, 2.45) is 0 Å². The van der Waals surface area contributed by atoms with Crippen molar-refractivity contribution < 1.29 is 5.11 Å². The number of hydrogen-bond acceptors (Lipinski definition) is 3. The van der Waals surface area contributed by atoms with Crippen LogP contribution in [-0.4, -0.2) is 27.7 Å². The van der Waals surface area contributed by atoms with Gasteiger partial charge in [-0.3, -0.25) is 9.55 Å². The van der Waals surface area contributed by atoms with Crippen LogP contribution in [0.25, 0.3) is 83.9 Å². The summed E-state index contributed by atoms with van der Waals surface area (Å²) in [5.41, 5.74) is 19.8. The molecule has 372 valence electrons. The molecule has 0 bridgehead atoms. The third-order valence-electron chi connectivity index (χ3n) is 14.3. The predicted octanol–water partition coefficient (Wildman–Crippen LogP) is 18.7. The molecular formula is C68H75N3OSi. The molecule has 1 N–H and O–H groups in total. The van der Waals surface area contributed by atoms with E-state index in [1.54, 1.807) is 0 Å². The molecule has 9 rings (SSSR count). The minimum absolute atomic E-state index is 0.0789. The van der Waals surface area contributed by atoms with Gasteiger partial charge in [0.05, 0.1) is 28.0 Å². The Hall–Kier alpha value is -6.82. The van der Waals surface area contributed by atoms with Crippen LogP contribution in [0.15, 0.2) is 164 Å². The lowest BCUT2D eigenvalue weighted by molar-refractivity contribution is 0.446. The molecule has 0 amide bonds. The number of fused-ring (bicyclic) bond motifs is 1. The Morgan fingerprint density at radius 1 is 0.452 bits per heavy atom. The van der Waals surface area contributed by atoms with Gasteiger partial charge >= 0.3 is 0 Å². The largest absolute Gasteiger partial charge is 0.507 e. The van der Waals surface area contributed by atoms with Crippen LogP contribution in [0.3, 0.4) is 0 Å². The normalized spacial score (nSPS) is 12.7. The Morgan fingerprint density at radius 3 is 1.70 bits per heavy atom. The Morgan fingerprint density at radius 2 is 1.04 bits per heavy atom. The van der Waals surface area contributed by atoms with Crippen molar-refractivity contribution in [3.05, 3.63) is 192 Å². The lowest BCUT2D eigenvalue weighted by Gasteiger charge is -2.28. The van der Waals surface area contributed by atoms with Crippen molar-refractivity contribution in [3.8, 4) is 78.6 Å². The molecule has 5 heteroatoms. The molecule has 0 aliphatic heterocycles. The number of benzene rings is 7. The average Bonchev–Trinajstić information content (AvgIpc) is 3.72. The number of phenolic OH excluding ortho intramolecular Hbond substituents is 1. The summed E-state index contributed by atoms with van der Waals surface area (Å²) in [6.45, 7) is 34.2. The van der Waals surface area contributed by atoms with Crippen LogP contribution >= 0.6 is 0 Å². The van der Waals surface area contributed by atoms with Crippen molar-refractivity contribution in [1.82, 2.24) is 14.5 Å². The maximum absolute atomic E-state index is 12.6. The van der Waals surface area contributed by atoms with Gasteiger partial charge in [0.1, 0.15) is 11.6 Å². The monoisotopic (exact) mass is 978 g/mol. The van der Waals surface area contributed by atoms with Crippen molar-refractivity contribution in [1.29, 1.82) is 0 Å². The van der Waals surface area contributed by atoms with Crippen molar-refractivity contribution in [2.75, 3.05) is 0 Å². The molecule has 0 radical (unpaired) electrons. The highest BCUT2D eigenvalue weighted by Gasteiger charge is 2.30. The molecule has 4 nitrogen and oxygen atoms in total. The van der Waals surface area contributed by atoms with E-state index in [4.69, 9.17) is 9.97 Å². The molecule has 73 heavy (non-hydrogen) atoms. The first kappa shape index (κ1) is 51.1. The molecule has 0 spiro atoms. The fourth-order valence-corrected chi connectivity index (χ4v) is 11.6. The molecule has 0 unspecified atom stereocenters. The quantitative estimate of drug-likeness (QED) is 0.147. The fraction of sp³-hybridized carbons (Fsp3) is 0.294. The van der Waals surface area contributed by atoms with Gasteiger partial charge in [-0.2, -0.15) is 0 Å². The smallest absolute Gasteiger partial charge is 0.149 e. The third-order valence-corrected chi connectivity index (χ3v) is 15.8. The second kappa shape index (κ2) is 18.9. The van der Waals surface area contributed by atoms with Crippen LogP contribution in [0.1, 0.15) is 111 Å². The number of pyridine rings is 1. The van der Waals surface area contributed by atoms with Gasteiger partial charge in [0, 0.05) is 36.5 Å². The highest BCUT2D eigenvalue weighted by atomic mass is 28.3. The van der Waals surface area contributed by atoms with E-state index in [0.717, 1.165) is 78.5 Å². The molecule has 0 fully saturated rings. The predicted molar refractivity (Wildman–Crippen MR) is 315 cm³/mol. The lowest BCUT2D eigenvalue weighted by atomic mass is 9.79. The van der Waals surface area contributed by atoms with Gasteiger partial charge in [-0.05, 0) is 132 Å². The standard InChI is InChI=1S/C68H75N3OSi/c1-65(2,3)51-32-33-60(56(40-51)45-22-17-16-18-23-45)71-61-27-21-26-55(62(61)70-64(71)57-41-53(67(7,8)9)42-58(63(57)72)68(10,11)12)49-36-50(38-52(37-49)66(4,5)6)59-39-47(34-35-69-59)44-28-30-46(31-29-44)54-25-20-19-24-48(54)43-73(13,14)15/h16-42,72H,43H2,1-15H3. The summed E-state index contributed by atoms with van der Waals surface area (Å²) in [4.78, 5) is 10.8. The van der Waals surface area contributed by atoms with E-state index in [1.165, 1.54) is 27.8 Å². The zero-order valence-corrected chi connectivity index (χ0v) is 47.1. The summed E-state index contributed by atoms with van der Waals surface area (Å²) in [5.74, 6) is 0.958. The van der Waals surface area contributed by atoms with E-state index in [-0.39, 0.29) is 27.4 Å². The summed E-state index contributed by atoms with van der Waals surface area (Å²) >= 11 is 0. The summed E-state index contributed by atoms with van der Waals surface area (Å²) in [5, 5.41) is 12.6. The number of imidazole rings is 1. The van der Waals surface area contributed by atoms with Crippen LogP contribution in [0.4, 0.5) is 0 Å². The van der Waals surface area contributed by atoms with Gasteiger partial charge in [0.25, 0.3) is 0 Å². The number of aromatic hydroxyl groups is 1. The first-order valence-corrected chi connectivity index (χ1v) is 29.9. The second-order valence-corrected chi connectivity index (χ2v) is 31.1. The van der Waals surface area contributed by atoms with Gasteiger partial charge in [-0.25, -0.2) is 4.98 Å². The van der Waals surface area contributed by atoms with Crippen molar-refractivity contribution in [2.45, 2.75) is 130 Å². The molecule has 2 aromatic heterocycles. The first-order valence-electron chi connectivity index (χ1n) is 26.2. The minimum Gasteiger partial charge on any atom is -0.507 e. The molecule has 2 heterocycles. The van der Waals surface area contributed by atoms with Gasteiger partial charge in [-0.15, -0.1) is 0 Å². The van der Waals surface area contributed by atoms with E-state index < -0.39 is 8.07 Å². The Balaban J connectivity index is 1.26. The van der Waals surface area contributed by atoms with E-state index in [2.05, 4.69) is 265 Å². The number of hydrogen-bond donors (Lipinski definition) is 1. The molecule has 0 saturated heterocycles. The van der Waals surface area contributed by atoms with Gasteiger partial charge in [0.15, 0.2) is 0 Å². The number of aromatic nitrogens is 3. The number of phenols is 1. The zero-order chi connectivity index (χ0) is 52.4. The number of nitrogens with zero attached hydrogens (tertiary/aromatic N) is 3. The van der Waals surface area contributed by atoms with Gasteiger partial charge in [0.2, 0.25) is 0 Å². The highest BCUT2D eigenvalue weighted by molar-refractivity contribution is 6.75. The number of rotatable bonds is 9. The average molecular weight is 978 g/mol.